The summed E-state index contributed by atoms with van der Waals surface area (Å²) < 4.78 is 9.56. The van der Waals surface area contributed by atoms with Gasteiger partial charge in [-0.15, -0.1) is 0 Å². The van der Waals surface area contributed by atoms with Crippen LogP contribution >= 0.6 is 0 Å². The Morgan fingerprint density at radius 3 is 2.40 bits per heavy atom. The highest BCUT2D eigenvalue weighted by molar-refractivity contribution is 4.79. The van der Waals surface area contributed by atoms with Gasteiger partial charge in [-0.2, -0.15) is 10.5 Å². The van der Waals surface area contributed by atoms with Gasteiger partial charge in [0.25, 0.3) is 12.5 Å². The molecule has 0 aliphatic rings. The first-order valence-electron chi connectivity index (χ1n) is 5.12. The van der Waals surface area contributed by atoms with Crippen molar-refractivity contribution in [3.05, 3.63) is 0 Å². The summed E-state index contributed by atoms with van der Waals surface area (Å²) in [5, 5.41) is 16.6. The molecule has 1 atom stereocenters. The number of unbranched alkanes of at least 4 members (excludes halogenated alkanes) is 1. The normalized spacial score (nSPS) is 12.3. The Balaban J connectivity index is 3.70. The topological polar surface area (TPSA) is 66.0 Å². The Morgan fingerprint density at radius 1 is 1.20 bits per heavy atom. The van der Waals surface area contributed by atoms with Gasteiger partial charge in [-0.1, -0.05) is 6.92 Å². The lowest BCUT2D eigenvalue weighted by atomic mass is 9.88. The number of ether oxygens (including phenoxy) is 2. The van der Waals surface area contributed by atoms with Crippen molar-refractivity contribution in [2.75, 3.05) is 6.61 Å². The van der Waals surface area contributed by atoms with E-state index in [0.29, 0.717) is 12.5 Å². The second-order valence-corrected chi connectivity index (χ2v) is 4.13. The van der Waals surface area contributed by atoms with Crippen molar-refractivity contribution < 1.29 is 9.47 Å². The molecule has 84 valence electrons. The Hall–Kier alpha value is -1.42. The first-order chi connectivity index (χ1) is 7.04. The summed E-state index contributed by atoms with van der Waals surface area (Å²) in [6.45, 7) is 6.35. The number of nitrogens with zero attached hydrogens (tertiary/aromatic N) is 2. The molecule has 1 unspecified atom stereocenters. The molecule has 0 fully saturated rings. The minimum absolute atomic E-state index is 0.305. The molecular weight excluding hydrogens is 192 g/mol. The minimum Gasteiger partial charge on any atom is -0.428 e. The average molecular weight is 210 g/mol. The molecule has 0 radical (unpaired) electrons. The largest absolute Gasteiger partial charge is 0.428 e. The molecule has 0 aromatic heterocycles. The lowest BCUT2D eigenvalue weighted by Gasteiger charge is -2.28. The van der Waals surface area contributed by atoms with E-state index in [1.54, 1.807) is 12.5 Å². The molecule has 0 saturated heterocycles. The van der Waals surface area contributed by atoms with E-state index >= 15 is 0 Å². The zero-order valence-electron chi connectivity index (χ0n) is 9.62. The highest BCUT2D eigenvalue weighted by Gasteiger charge is 2.27. The first-order valence-corrected chi connectivity index (χ1v) is 5.12. The van der Waals surface area contributed by atoms with Gasteiger partial charge in [0.15, 0.2) is 0 Å². The van der Waals surface area contributed by atoms with Crippen LogP contribution in [-0.2, 0) is 9.47 Å². The van der Waals surface area contributed by atoms with Gasteiger partial charge in [-0.3, -0.25) is 0 Å². The van der Waals surface area contributed by atoms with Crippen LogP contribution in [-0.4, -0.2) is 12.2 Å². The minimum atomic E-state index is -0.412. The monoisotopic (exact) mass is 210 g/mol. The predicted octanol–water partition coefficient (Wildman–Crippen LogP) is 2.57. The summed E-state index contributed by atoms with van der Waals surface area (Å²) in [7, 11) is 0. The number of rotatable bonds is 7. The van der Waals surface area contributed by atoms with Crippen molar-refractivity contribution in [3.63, 3.8) is 0 Å². The van der Waals surface area contributed by atoms with Crippen molar-refractivity contribution in [2.45, 2.75) is 45.6 Å². The first kappa shape index (κ1) is 13.6. The van der Waals surface area contributed by atoms with Crippen LogP contribution in [0.2, 0.25) is 0 Å². The third-order valence-electron chi connectivity index (χ3n) is 2.69. The fourth-order valence-corrected chi connectivity index (χ4v) is 1.24. The van der Waals surface area contributed by atoms with Crippen molar-refractivity contribution in [1.29, 1.82) is 10.5 Å². The van der Waals surface area contributed by atoms with Crippen molar-refractivity contribution in [3.8, 4) is 12.5 Å². The van der Waals surface area contributed by atoms with Crippen LogP contribution in [0.3, 0.4) is 0 Å². The molecule has 0 aliphatic heterocycles. The summed E-state index contributed by atoms with van der Waals surface area (Å²) in [6.07, 6.45) is 6.17. The van der Waals surface area contributed by atoms with Gasteiger partial charge >= 0.3 is 0 Å². The van der Waals surface area contributed by atoms with Gasteiger partial charge in [0.1, 0.15) is 12.2 Å². The van der Waals surface area contributed by atoms with E-state index in [1.165, 1.54) is 0 Å². The lowest BCUT2D eigenvalue weighted by molar-refractivity contribution is 0.0153. The lowest BCUT2D eigenvalue weighted by Crippen LogP contribution is -2.31. The van der Waals surface area contributed by atoms with E-state index in [2.05, 4.69) is 11.7 Å². The van der Waals surface area contributed by atoms with Gasteiger partial charge < -0.3 is 9.47 Å². The van der Waals surface area contributed by atoms with Crippen LogP contribution in [0.5, 0.6) is 0 Å². The van der Waals surface area contributed by atoms with E-state index < -0.39 is 5.60 Å². The SMILES string of the molecule is CC(CCCCOC#N)C(C)(C)OC#N. The molecule has 0 amide bonds. The summed E-state index contributed by atoms with van der Waals surface area (Å²) in [4.78, 5) is 0. The molecule has 0 aromatic rings. The Morgan fingerprint density at radius 2 is 1.87 bits per heavy atom. The smallest absolute Gasteiger partial charge is 0.286 e. The fourth-order valence-electron chi connectivity index (χ4n) is 1.24. The Kier molecular flexibility index (Phi) is 6.29. The predicted molar refractivity (Wildman–Crippen MR) is 55.4 cm³/mol. The summed E-state index contributed by atoms with van der Waals surface area (Å²) in [5.41, 5.74) is -0.412. The standard InChI is InChI=1S/C11H18N2O2/c1-10(11(2,3)15-9-13)6-4-5-7-14-8-12/h10H,4-7H2,1-3H3. The highest BCUT2D eigenvalue weighted by atomic mass is 16.5. The van der Waals surface area contributed by atoms with Crippen LogP contribution in [0.25, 0.3) is 0 Å². The molecule has 0 bridgehead atoms. The zero-order chi connectivity index (χ0) is 11.7. The molecule has 0 saturated carbocycles. The van der Waals surface area contributed by atoms with E-state index in [4.69, 9.17) is 15.3 Å². The van der Waals surface area contributed by atoms with Crippen LogP contribution < -0.4 is 0 Å². The third-order valence-corrected chi connectivity index (χ3v) is 2.69. The highest BCUT2D eigenvalue weighted by Crippen LogP contribution is 2.25. The fraction of sp³-hybridized carbons (Fsp3) is 0.818. The average Bonchev–Trinajstić information content (AvgIpc) is 2.17. The molecule has 4 nitrogen and oxygen atoms in total. The van der Waals surface area contributed by atoms with Gasteiger partial charge in [-0.25, -0.2) is 0 Å². The maximum absolute atomic E-state index is 8.46. The van der Waals surface area contributed by atoms with Crippen molar-refractivity contribution in [2.24, 2.45) is 5.92 Å². The molecule has 0 spiro atoms. The molecule has 0 heterocycles. The second-order valence-electron chi connectivity index (χ2n) is 4.13. The van der Waals surface area contributed by atoms with Crippen LogP contribution in [0.4, 0.5) is 0 Å². The van der Waals surface area contributed by atoms with Crippen molar-refractivity contribution in [1.82, 2.24) is 0 Å². The summed E-state index contributed by atoms with van der Waals surface area (Å²) in [6, 6.07) is 0. The van der Waals surface area contributed by atoms with Gasteiger partial charge in [0.2, 0.25) is 0 Å². The van der Waals surface area contributed by atoms with Crippen LogP contribution in [0.1, 0.15) is 40.0 Å². The number of hydrogen-bond donors (Lipinski definition) is 0. The van der Waals surface area contributed by atoms with E-state index in [-0.39, 0.29) is 0 Å². The molecular formula is C11H18N2O2. The van der Waals surface area contributed by atoms with Crippen LogP contribution in [0, 0.1) is 29.0 Å². The maximum atomic E-state index is 8.46. The number of hydrogen-bond acceptors (Lipinski definition) is 4. The van der Waals surface area contributed by atoms with Crippen molar-refractivity contribution >= 4 is 0 Å². The zero-order valence-corrected chi connectivity index (χ0v) is 9.62. The Labute approximate surface area is 91.4 Å². The van der Waals surface area contributed by atoms with E-state index in [1.807, 2.05) is 13.8 Å². The maximum Gasteiger partial charge on any atom is 0.286 e. The molecule has 4 heteroatoms. The molecule has 0 N–H and O–H groups in total. The van der Waals surface area contributed by atoms with E-state index in [9.17, 15) is 0 Å². The summed E-state index contributed by atoms with van der Waals surface area (Å²) in [5.74, 6) is 0.305. The van der Waals surface area contributed by atoms with Gasteiger partial charge in [0, 0.05) is 0 Å². The van der Waals surface area contributed by atoms with Crippen LogP contribution in [0.15, 0.2) is 0 Å². The molecule has 0 aliphatic carbocycles. The molecule has 0 aromatic carbocycles. The van der Waals surface area contributed by atoms with E-state index in [0.717, 1.165) is 19.3 Å². The van der Waals surface area contributed by atoms with Gasteiger partial charge in [0.05, 0.1) is 0 Å². The molecule has 15 heavy (non-hydrogen) atoms. The Bertz CT molecular complexity index is 250. The van der Waals surface area contributed by atoms with Gasteiger partial charge in [-0.05, 0) is 39.0 Å². The molecule has 0 rings (SSSR count). The number of nitriles is 2. The summed E-state index contributed by atoms with van der Waals surface area (Å²) >= 11 is 0. The second kappa shape index (κ2) is 6.95. The quantitative estimate of drug-likeness (QED) is 0.478. The third kappa shape index (κ3) is 5.80.